The summed E-state index contributed by atoms with van der Waals surface area (Å²) < 4.78 is 0. The molecule has 2 rings (SSSR count). The van der Waals surface area contributed by atoms with Crippen LogP contribution in [0.5, 0.6) is 0 Å². The molecule has 1 aliphatic heterocycles. The molecule has 1 aromatic heterocycles. The van der Waals surface area contributed by atoms with E-state index in [0.717, 1.165) is 37.6 Å². The molecule has 100 valence electrons. The maximum absolute atomic E-state index is 9.26. The Kier molecular flexibility index (Phi) is 4.36. The predicted molar refractivity (Wildman–Crippen MR) is 72.8 cm³/mol. The predicted octanol–water partition coefficient (Wildman–Crippen LogP) is 1.51. The van der Waals surface area contributed by atoms with Crippen LogP contribution in [-0.4, -0.2) is 40.8 Å². The van der Waals surface area contributed by atoms with Crippen molar-refractivity contribution < 1.29 is 5.11 Å². The highest BCUT2D eigenvalue weighted by atomic mass is 16.3. The number of aliphatic hydroxyl groups is 1. The highest BCUT2D eigenvalue weighted by molar-refractivity contribution is 5.49. The van der Waals surface area contributed by atoms with Gasteiger partial charge in [-0.1, -0.05) is 0 Å². The fourth-order valence-corrected chi connectivity index (χ4v) is 2.32. The van der Waals surface area contributed by atoms with Crippen LogP contribution in [0.25, 0.3) is 0 Å². The molecule has 0 bridgehead atoms. The van der Waals surface area contributed by atoms with Crippen LogP contribution < -0.4 is 10.2 Å². The van der Waals surface area contributed by atoms with Gasteiger partial charge in [-0.25, -0.2) is 9.97 Å². The lowest BCUT2D eigenvalue weighted by atomic mass is 9.99. The molecule has 1 saturated heterocycles. The van der Waals surface area contributed by atoms with Crippen molar-refractivity contribution in [3.8, 4) is 0 Å². The summed E-state index contributed by atoms with van der Waals surface area (Å²) in [6, 6.07) is 2.35. The van der Waals surface area contributed by atoms with Gasteiger partial charge >= 0.3 is 0 Å². The third-order valence-corrected chi connectivity index (χ3v) is 3.19. The van der Waals surface area contributed by atoms with E-state index >= 15 is 0 Å². The molecule has 0 amide bonds. The summed E-state index contributed by atoms with van der Waals surface area (Å²) in [5.41, 5.74) is 0. The number of aromatic nitrogens is 2. The minimum absolute atomic E-state index is 0.263. The fourth-order valence-electron chi connectivity index (χ4n) is 2.32. The first-order valence-electron chi connectivity index (χ1n) is 6.63. The first kappa shape index (κ1) is 13.1. The second-order valence-corrected chi connectivity index (χ2v) is 5.20. The molecule has 0 radical (unpaired) electrons. The number of hydrogen-bond acceptors (Lipinski definition) is 5. The van der Waals surface area contributed by atoms with E-state index in [0.29, 0.717) is 12.0 Å². The Hall–Kier alpha value is -1.36. The molecule has 1 atom stereocenters. The fraction of sp³-hybridized carbons (Fsp3) is 0.692. The van der Waals surface area contributed by atoms with Crippen LogP contribution in [-0.2, 0) is 0 Å². The van der Waals surface area contributed by atoms with E-state index in [1.165, 1.54) is 0 Å². The van der Waals surface area contributed by atoms with Gasteiger partial charge in [0.2, 0.25) is 0 Å². The summed E-state index contributed by atoms with van der Waals surface area (Å²) in [6.07, 6.45) is 3.82. The van der Waals surface area contributed by atoms with Gasteiger partial charge in [-0.15, -0.1) is 0 Å². The second kappa shape index (κ2) is 6.00. The van der Waals surface area contributed by atoms with Gasteiger partial charge in [0.15, 0.2) is 0 Å². The van der Waals surface area contributed by atoms with Crippen molar-refractivity contribution in [3.63, 3.8) is 0 Å². The Bertz CT molecular complexity index is 383. The Balaban J connectivity index is 2.07. The summed E-state index contributed by atoms with van der Waals surface area (Å²) in [7, 11) is 0. The molecular formula is C13H22N4O. The number of nitrogens with zero attached hydrogens (tertiary/aromatic N) is 3. The van der Waals surface area contributed by atoms with E-state index in [2.05, 4.69) is 34.0 Å². The molecule has 0 saturated carbocycles. The molecule has 0 aliphatic carbocycles. The Morgan fingerprint density at radius 2 is 2.33 bits per heavy atom. The molecule has 0 aromatic carbocycles. The van der Waals surface area contributed by atoms with Gasteiger partial charge in [0.25, 0.3) is 0 Å². The lowest BCUT2D eigenvalue weighted by Crippen LogP contribution is -2.37. The van der Waals surface area contributed by atoms with Crippen molar-refractivity contribution in [2.45, 2.75) is 32.7 Å². The molecule has 5 nitrogen and oxygen atoms in total. The van der Waals surface area contributed by atoms with Gasteiger partial charge in [0.1, 0.15) is 18.0 Å². The number of nitrogens with one attached hydrogen (secondary N) is 1. The largest absolute Gasteiger partial charge is 0.396 e. The third kappa shape index (κ3) is 3.32. The first-order chi connectivity index (χ1) is 8.69. The standard InChI is InChI=1S/C13H22N4O/c1-10(2)16-12-6-13(15-9-14-12)17-5-3-4-11(7-17)8-18/h6,9-11,18H,3-5,7-8H2,1-2H3,(H,14,15,16). The number of anilines is 2. The molecule has 1 fully saturated rings. The minimum Gasteiger partial charge on any atom is -0.396 e. The van der Waals surface area contributed by atoms with Crippen LogP contribution in [0, 0.1) is 5.92 Å². The van der Waals surface area contributed by atoms with E-state index in [-0.39, 0.29) is 6.61 Å². The summed E-state index contributed by atoms with van der Waals surface area (Å²) in [6.45, 7) is 6.33. The smallest absolute Gasteiger partial charge is 0.134 e. The SMILES string of the molecule is CC(C)Nc1cc(N2CCCC(CO)C2)ncn1. The summed E-state index contributed by atoms with van der Waals surface area (Å²) in [4.78, 5) is 10.8. The zero-order chi connectivity index (χ0) is 13.0. The lowest BCUT2D eigenvalue weighted by Gasteiger charge is -2.32. The van der Waals surface area contributed by atoms with Gasteiger partial charge in [0, 0.05) is 31.8 Å². The average molecular weight is 250 g/mol. The molecule has 5 heteroatoms. The van der Waals surface area contributed by atoms with Crippen LogP contribution in [0.3, 0.4) is 0 Å². The van der Waals surface area contributed by atoms with Crippen molar-refractivity contribution in [1.29, 1.82) is 0 Å². The minimum atomic E-state index is 0.263. The van der Waals surface area contributed by atoms with Gasteiger partial charge < -0.3 is 15.3 Å². The average Bonchev–Trinajstić information content (AvgIpc) is 2.38. The first-order valence-corrected chi connectivity index (χ1v) is 6.63. The van der Waals surface area contributed by atoms with Crippen LogP contribution in [0.2, 0.25) is 0 Å². The topological polar surface area (TPSA) is 61.3 Å². The third-order valence-electron chi connectivity index (χ3n) is 3.19. The quantitative estimate of drug-likeness (QED) is 0.848. The van der Waals surface area contributed by atoms with E-state index in [9.17, 15) is 5.11 Å². The highest BCUT2D eigenvalue weighted by Crippen LogP contribution is 2.22. The summed E-state index contributed by atoms with van der Waals surface area (Å²) in [5, 5.41) is 12.5. The Labute approximate surface area is 108 Å². The van der Waals surface area contributed by atoms with E-state index in [4.69, 9.17) is 0 Å². The van der Waals surface area contributed by atoms with E-state index in [1.54, 1.807) is 6.33 Å². The maximum Gasteiger partial charge on any atom is 0.134 e. The van der Waals surface area contributed by atoms with E-state index in [1.807, 2.05) is 6.07 Å². The van der Waals surface area contributed by atoms with Crippen molar-refractivity contribution in [2.24, 2.45) is 5.92 Å². The number of rotatable bonds is 4. The van der Waals surface area contributed by atoms with Crippen LogP contribution in [0.1, 0.15) is 26.7 Å². The molecule has 18 heavy (non-hydrogen) atoms. The normalized spacial score (nSPS) is 20.2. The van der Waals surface area contributed by atoms with Gasteiger partial charge in [-0.3, -0.25) is 0 Å². The lowest BCUT2D eigenvalue weighted by molar-refractivity contribution is 0.208. The molecule has 1 aromatic rings. The molecule has 2 heterocycles. The van der Waals surface area contributed by atoms with Crippen molar-refractivity contribution >= 4 is 11.6 Å². The van der Waals surface area contributed by atoms with Crippen LogP contribution >= 0.6 is 0 Å². The van der Waals surface area contributed by atoms with Crippen LogP contribution in [0.4, 0.5) is 11.6 Å². The number of aliphatic hydroxyl groups excluding tert-OH is 1. The zero-order valence-electron chi connectivity index (χ0n) is 11.1. The Morgan fingerprint density at radius 3 is 3.06 bits per heavy atom. The molecular weight excluding hydrogens is 228 g/mol. The van der Waals surface area contributed by atoms with Crippen LogP contribution in [0.15, 0.2) is 12.4 Å². The number of piperidine rings is 1. The second-order valence-electron chi connectivity index (χ2n) is 5.20. The summed E-state index contributed by atoms with van der Waals surface area (Å²) in [5.74, 6) is 2.18. The molecule has 1 aliphatic rings. The van der Waals surface area contributed by atoms with E-state index < -0.39 is 0 Å². The number of hydrogen-bond donors (Lipinski definition) is 2. The molecule has 0 spiro atoms. The monoisotopic (exact) mass is 250 g/mol. The van der Waals surface area contributed by atoms with Crippen molar-refractivity contribution in [3.05, 3.63) is 12.4 Å². The van der Waals surface area contributed by atoms with Crippen molar-refractivity contribution in [1.82, 2.24) is 9.97 Å². The summed E-state index contributed by atoms with van der Waals surface area (Å²) >= 11 is 0. The maximum atomic E-state index is 9.26. The molecule has 1 unspecified atom stereocenters. The molecule has 2 N–H and O–H groups in total. The van der Waals surface area contributed by atoms with Crippen molar-refractivity contribution in [2.75, 3.05) is 29.9 Å². The van der Waals surface area contributed by atoms with Gasteiger partial charge in [-0.2, -0.15) is 0 Å². The zero-order valence-corrected chi connectivity index (χ0v) is 11.1. The van der Waals surface area contributed by atoms with Gasteiger partial charge in [-0.05, 0) is 32.6 Å². The Morgan fingerprint density at radius 1 is 1.50 bits per heavy atom. The van der Waals surface area contributed by atoms with Gasteiger partial charge in [0.05, 0.1) is 0 Å². The highest BCUT2D eigenvalue weighted by Gasteiger charge is 2.20.